The summed E-state index contributed by atoms with van der Waals surface area (Å²) in [4.78, 5) is 36.7. The van der Waals surface area contributed by atoms with Gasteiger partial charge in [-0.3, -0.25) is 24.0 Å². The highest BCUT2D eigenvalue weighted by molar-refractivity contribution is 5.94. The van der Waals surface area contributed by atoms with Crippen LogP contribution in [0.4, 0.5) is 14.5 Å². The van der Waals surface area contributed by atoms with E-state index in [2.05, 4.69) is 40.5 Å². The van der Waals surface area contributed by atoms with Gasteiger partial charge in [-0.15, -0.1) is 0 Å². The molecule has 1 N–H and O–H groups in total. The van der Waals surface area contributed by atoms with Crippen LogP contribution in [0.3, 0.4) is 0 Å². The molecule has 2 aliphatic heterocycles. The van der Waals surface area contributed by atoms with E-state index in [4.69, 9.17) is 0 Å². The number of aliphatic imine (C=N–C) groups is 1. The van der Waals surface area contributed by atoms with E-state index in [1.165, 1.54) is 18.2 Å². The number of anilines is 1. The molecule has 8 nitrogen and oxygen atoms in total. The second kappa shape index (κ2) is 18.9. The Balaban J connectivity index is 1.33. The number of pyridine rings is 1. The van der Waals surface area contributed by atoms with Crippen molar-refractivity contribution in [1.82, 2.24) is 19.3 Å². The molecular weight excluding hydrogens is 634 g/mol. The Kier molecular flexibility index (Phi) is 14.7. The Bertz CT molecular complexity index is 1580. The zero-order valence-corrected chi connectivity index (χ0v) is 30.7. The van der Waals surface area contributed by atoms with Gasteiger partial charge in [-0.05, 0) is 113 Å². The third kappa shape index (κ3) is 10.3. The lowest BCUT2D eigenvalue weighted by Gasteiger charge is -2.35. The summed E-state index contributed by atoms with van der Waals surface area (Å²) in [5.41, 5.74) is 3.08. The summed E-state index contributed by atoms with van der Waals surface area (Å²) in [7, 11) is 3.43. The first-order chi connectivity index (χ1) is 24.1. The topological polar surface area (TPSA) is 73.2 Å². The van der Waals surface area contributed by atoms with E-state index in [9.17, 15) is 9.59 Å². The number of hydrogen-bond donors (Lipinski definition) is 1. The second-order valence-corrected chi connectivity index (χ2v) is 13.8. The number of carbonyl (C=O) groups excluding carboxylic acids is 1. The van der Waals surface area contributed by atoms with Crippen LogP contribution in [-0.4, -0.2) is 97.8 Å². The standard InChI is InChI=1S/C40H56F2N6O2/c1-7-16-45(17-8-2)28-31-10-20-47(21-11-31)40(50)33-24-35(41)39(36(42)25-33)32-12-18-46(19-13-32)27-29(3)23-30(4)37(9-15-43-5)48-22-14-34(44-6)26-38(48)49/h9,14-15,22-26,31-32,44H,4,7-8,10-13,16-21,27-28H2,1-3,5-6H3/b29-23+,37-9+,43-15?. The highest BCUT2D eigenvalue weighted by Crippen LogP contribution is 2.33. The minimum absolute atomic E-state index is 0.0922. The molecule has 50 heavy (non-hydrogen) atoms. The lowest BCUT2D eigenvalue weighted by atomic mass is 9.87. The second-order valence-electron chi connectivity index (χ2n) is 13.8. The number of hydrogen-bond acceptors (Lipinski definition) is 6. The van der Waals surface area contributed by atoms with E-state index in [0.717, 1.165) is 56.6 Å². The summed E-state index contributed by atoms with van der Waals surface area (Å²) in [6.07, 6.45) is 12.4. The van der Waals surface area contributed by atoms with Crippen LogP contribution in [0.25, 0.3) is 5.70 Å². The quantitative estimate of drug-likeness (QED) is 0.160. The highest BCUT2D eigenvalue weighted by Gasteiger charge is 2.29. The molecule has 0 saturated carbocycles. The first kappa shape index (κ1) is 38.9. The molecule has 0 bridgehead atoms. The van der Waals surface area contributed by atoms with Gasteiger partial charge in [0.25, 0.3) is 11.5 Å². The van der Waals surface area contributed by atoms with Crippen molar-refractivity contribution >= 4 is 23.5 Å². The number of halogens is 2. The van der Waals surface area contributed by atoms with Crippen molar-refractivity contribution in [3.8, 4) is 0 Å². The number of likely N-dealkylation sites (tertiary alicyclic amines) is 2. The summed E-state index contributed by atoms with van der Waals surface area (Å²) in [6.45, 7) is 17.2. The molecule has 2 saturated heterocycles. The first-order valence-corrected chi connectivity index (χ1v) is 18.2. The van der Waals surface area contributed by atoms with Crippen molar-refractivity contribution in [2.75, 3.05) is 71.8 Å². The van der Waals surface area contributed by atoms with Crippen molar-refractivity contribution in [3.63, 3.8) is 0 Å². The maximum atomic E-state index is 15.5. The van der Waals surface area contributed by atoms with Gasteiger partial charge in [0.1, 0.15) is 11.6 Å². The number of nitrogens with one attached hydrogen (secondary N) is 1. The minimum Gasteiger partial charge on any atom is -0.388 e. The molecule has 2 aromatic rings. The SMILES string of the molecule is C=C(/C=C(\C)CN1CCC(c2c(F)cc(C(=O)N3CCC(CN(CCC)CCC)CC3)cc2F)CC1)/C(=C\C=NC)n1ccc(NC)cc1=O. The number of nitrogens with zero attached hydrogens (tertiary/aromatic N) is 5. The predicted octanol–water partition coefficient (Wildman–Crippen LogP) is 7.07. The zero-order chi connectivity index (χ0) is 36.2. The fourth-order valence-corrected chi connectivity index (χ4v) is 7.36. The molecule has 1 aromatic carbocycles. The molecule has 0 spiro atoms. The van der Waals surface area contributed by atoms with Gasteiger partial charge in [0.15, 0.2) is 0 Å². The Hall–Kier alpha value is -3.89. The summed E-state index contributed by atoms with van der Waals surface area (Å²) in [5, 5.41) is 2.98. The molecule has 2 aliphatic rings. The summed E-state index contributed by atoms with van der Waals surface area (Å²) >= 11 is 0. The van der Waals surface area contributed by atoms with Gasteiger partial charge in [0.05, 0.1) is 5.70 Å². The fraction of sp³-hybridized carbons (Fsp3) is 0.525. The van der Waals surface area contributed by atoms with Crippen LogP contribution < -0.4 is 10.9 Å². The van der Waals surface area contributed by atoms with E-state index in [0.29, 0.717) is 62.8 Å². The van der Waals surface area contributed by atoms with Crippen molar-refractivity contribution in [1.29, 1.82) is 0 Å². The highest BCUT2D eigenvalue weighted by atomic mass is 19.1. The Morgan fingerprint density at radius 1 is 1.04 bits per heavy atom. The first-order valence-electron chi connectivity index (χ1n) is 18.2. The van der Waals surface area contributed by atoms with Crippen LogP contribution in [0.2, 0.25) is 0 Å². The molecule has 10 heteroatoms. The van der Waals surface area contributed by atoms with Crippen molar-refractivity contribution in [2.24, 2.45) is 10.9 Å². The number of rotatable bonds is 15. The van der Waals surface area contributed by atoms with E-state index >= 15 is 8.78 Å². The summed E-state index contributed by atoms with van der Waals surface area (Å²) in [6, 6.07) is 5.84. The Morgan fingerprint density at radius 2 is 1.68 bits per heavy atom. The molecule has 272 valence electrons. The van der Waals surface area contributed by atoms with Gasteiger partial charge in [0, 0.05) is 75.6 Å². The molecule has 1 aromatic heterocycles. The van der Waals surface area contributed by atoms with Crippen LogP contribution in [-0.2, 0) is 0 Å². The largest absolute Gasteiger partial charge is 0.388 e. The number of amides is 1. The number of piperidine rings is 2. The van der Waals surface area contributed by atoms with Gasteiger partial charge in [0.2, 0.25) is 0 Å². The van der Waals surface area contributed by atoms with Gasteiger partial charge in [-0.2, -0.15) is 0 Å². The van der Waals surface area contributed by atoms with E-state index in [1.54, 1.807) is 42.0 Å². The molecule has 4 rings (SSSR count). The fourth-order valence-electron chi connectivity index (χ4n) is 7.36. The number of allylic oxidation sites excluding steroid dienone is 4. The van der Waals surface area contributed by atoms with E-state index in [1.807, 2.05) is 19.1 Å². The lowest BCUT2D eigenvalue weighted by Crippen LogP contribution is -2.42. The molecule has 0 aliphatic carbocycles. The van der Waals surface area contributed by atoms with Gasteiger partial charge < -0.3 is 15.1 Å². The number of carbonyl (C=O) groups is 1. The maximum absolute atomic E-state index is 15.5. The number of benzene rings is 1. The van der Waals surface area contributed by atoms with Crippen LogP contribution in [0, 0.1) is 17.6 Å². The van der Waals surface area contributed by atoms with Crippen molar-refractivity contribution in [3.05, 3.63) is 93.5 Å². The van der Waals surface area contributed by atoms with Crippen molar-refractivity contribution in [2.45, 2.75) is 65.2 Å². The average Bonchev–Trinajstić information content (AvgIpc) is 3.09. The van der Waals surface area contributed by atoms with Gasteiger partial charge in [-0.25, -0.2) is 8.78 Å². The molecular formula is C40H56F2N6O2. The van der Waals surface area contributed by atoms with Crippen LogP contribution in [0.5, 0.6) is 0 Å². The molecule has 0 unspecified atom stereocenters. The molecule has 2 fully saturated rings. The monoisotopic (exact) mass is 690 g/mol. The minimum atomic E-state index is -0.628. The smallest absolute Gasteiger partial charge is 0.257 e. The van der Waals surface area contributed by atoms with Gasteiger partial charge in [-0.1, -0.05) is 32.1 Å². The predicted molar refractivity (Wildman–Crippen MR) is 202 cm³/mol. The Morgan fingerprint density at radius 3 is 2.24 bits per heavy atom. The molecule has 0 atom stereocenters. The normalized spacial score (nSPS) is 17.2. The molecule has 3 heterocycles. The van der Waals surface area contributed by atoms with Crippen LogP contribution in [0.1, 0.15) is 81.1 Å². The summed E-state index contributed by atoms with van der Waals surface area (Å²) < 4.78 is 32.6. The summed E-state index contributed by atoms with van der Waals surface area (Å²) in [5.74, 6) is -1.26. The Labute approximate surface area is 297 Å². The van der Waals surface area contributed by atoms with E-state index < -0.39 is 11.6 Å². The maximum Gasteiger partial charge on any atom is 0.257 e. The lowest BCUT2D eigenvalue weighted by molar-refractivity contribution is 0.0665. The van der Waals surface area contributed by atoms with Gasteiger partial charge >= 0.3 is 0 Å². The van der Waals surface area contributed by atoms with E-state index in [-0.39, 0.29) is 28.5 Å². The van der Waals surface area contributed by atoms with Crippen LogP contribution >= 0.6 is 0 Å². The van der Waals surface area contributed by atoms with Crippen LogP contribution in [0.15, 0.2) is 70.1 Å². The number of aromatic nitrogens is 1. The zero-order valence-electron chi connectivity index (χ0n) is 30.7. The third-order valence-corrected chi connectivity index (χ3v) is 9.89. The van der Waals surface area contributed by atoms with Crippen molar-refractivity contribution < 1.29 is 13.6 Å². The third-order valence-electron chi connectivity index (χ3n) is 9.89. The molecule has 0 radical (unpaired) electrons. The average molecular weight is 691 g/mol. The molecule has 1 amide bonds.